The molecule has 3 aromatic heterocycles. The topological polar surface area (TPSA) is 150 Å². The Labute approximate surface area is 210 Å². The molecule has 2 N–H and O–H groups in total. The summed E-state index contributed by atoms with van der Waals surface area (Å²) >= 11 is 0. The maximum atomic E-state index is 12.8. The Morgan fingerprint density at radius 2 is 2.05 bits per heavy atom. The van der Waals surface area contributed by atoms with E-state index in [1.54, 1.807) is 27.7 Å². The van der Waals surface area contributed by atoms with Crippen LogP contribution in [0.5, 0.6) is 11.6 Å². The molecule has 13 heteroatoms. The Hall–Kier alpha value is -4.26. The fraction of sp³-hybridized carbons (Fsp3) is 0.417. The van der Waals surface area contributed by atoms with Crippen LogP contribution in [0.15, 0.2) is 35.3 Å². The summed E-state index contributed by atoms with van der Waals surface area (Å²) in [7, 11) is 1.50. The van der Waals surface area contributed by atoms with Crippen LogP contribution in [0.1, 0.15) is 19.3 Å². The quantitative estimate of drug-likeness (QED) is 0.496. The number of hydrogen-bond acceptors (Lipinski definition) is 10. The van der Waals surface area contributed by atoms with Gasteiger partial charge in [-0.1, -0.05) is 0 Å². The number of hydrogen-bond donors (Lipinski definition) is 2. The lowest BCUT2D eigenvalue weighted by Crippen LogP contribution is -2.46. The van der Waals surface area contributed by atoms with Gasteiger partial charge in [-0.3, -0.25) is 19.1 Å². The first kappa shape index (κ1) is 23.2. The van der Waals surface area contributed by atoms with Crippen LogP contribution >= 0.6 is 0 Å². The van der Waals surface area contributed by atoms with Gasteiger partial charge in [-0.25, -0.2) is 14.8 Å². The van der Waals surface area contributed by atoms with Gasteiger partial charge in [0.2, 0.25) is 5.88 Å². The second-order valence-electron chi connectivity index (χ2n) is 9.12. The monoisotopic (exact) mass is 507 g/mol. The Morgan fingerprint density at radius 3 is 2.92 bits per heavy atom. The molecular weight excluding hydrogens is 482 g/mol. The summed E-state index contributed by atoms with van der Waals surface area (Å²) in [5.41, 5.74) is 0.915. The number of fused-ring (bicyclic) bond motifs is 3. The van der Waals surface area contributed by atoms with Gasteiger partial charge in [-0.2, -0.15) is 4.98 Å². The maximum absolute atomic E-state index is 12.8. The number of pyridine rings is 2. The van der Waals surface area contributed by atoms with Crippen LogP contribution in [0, 0.1) is 0 Å². The predicted octanol–water partition coefficient (Wildman–Crippen LogP) is 1.06. The first-order valence-corrected chi connectivity index (χ1v) is 12.1. The lowest BCUT2D eigenvalue weighted by atomic mass is 9.88. The van der Waals surface area contributed by atoms with Gasteiger partial charge in [0.1, 0.15) is 17.4 Å². The number of methoxy groups -OCH3 is 1. The van der Waals surface area contributed by atoms with E-state index in [4.69, 9.17) is 14.2 Å². The predicted molar refractivity (Wildman–Crippen MR) is 131 cm³/mol. The molecular formula is C24H25N7O6. The number of aromatic nitrogens is 4. The first-order chi connectivity index (χ1) is 18.0. The Balaban J connectivity index is 1.11. The van der Waals surface area contributed by atoms with Gasteiger partial charge in [0.25, 0.3) is 11.5 Å². The summed E-state index contributed by atoms with van der Waals surface area (Å²) in [6.45, 7) is 0.876. The van der Waals surface area contributed by atoms with Gasteiger partial charge in [0.05, 0.1) is 19.3 Å². The molecule has 0 unspecified atom stereocenters. The minimum absolute atomic E-state index is 0.0599. The SMILES string of the molecule is COc1cnc2ccc(=O)n(CCN[C@H]3CC[C@H]4[C@H](C3)OC(=O)N4c3ccc4c(n3)NC(=O)CO4)c2n1. The van der Waals surface area contributed by atoms with Crippen LogP contribution in [-0.2, 0) is 16.1 Å². The van der Waals surface area contributed by atoms with Crippen LogP contribution < -0.4 is 30.6 Å². The summed E-state index contributed by atoms with van der Waals surface area (Å²) in [6.07, 6.45) is 2.93. The van der Waals surface area contributed by atoms with E-state index in [0.717, 1.165) is 6.42 Å². The van der Waals surface area contributed by atoms with E-state index < -0.39 is 6.09 Å². The molecule has 3 aromatic rings. The van der Waals surface area contributed by atoms with Crippen molar-refractivity contribution in [3.63, 3.8) is 0 Å². The zero-order chi connectivity index (χ0) is 25.5. The summed E-state index contributed by atoms with van der Waals surface area (Å²) < 4.78 is 17.8. The van der Waals surface area contributed by atoms with Gasteiger partial charge >= 0.3 is 6.09 Å². The number of nitrogens with zero attached hydrogens (tertiary/aromatic N) is 5. The van der Waals surface area contributed by atoms with Crippen LogP contribution in [0.25, 0.3) is 11.2 Å². The molecule has 37 heavy (non-hydrogen) atoms. The third kappa shape index (κ3) is 4.31. The molecule has 1 saturated heterocycles. The number of rotatable bonds is 6. The summed E-state index contributed by atoms with van der Waals surface area (Å²) in [4.78, 5) is 51.6. The second kappa shape index (κ2) is 9.32. The maximum Gasteiger partial charge on any atom is 0.416 e. The minimum Gasteiger partial charge on any atom is -0.480 e. The second-order valence-corrected chi connectivity index (χ2v) is 9.12. The molecule has 192 valence electrons. The number of amides is 2. The fourth-order valence-electron chi connectivity index (χ4n) is 5.12. The van der Waals surface area contributed by atoms with Crippen molar-refractivity contribution in [1.29, 1.82) is 0 Å². The van der Waals surface area contributed by atoms with E-state index in [0.29, 0.717) is 60.4 Å². The van der Waals surface area contributed by atoms with E-state index in [9.17, 15) is 14.4 Å². The van der Waals surface area contributed by atoms with Crippen molar-refractivity contribution in [3.8, 4) is 11.6 Å². The summed E-state index contributed by atoms with van der Waals surface area (Å²) in [6, 6.07) is 6.48. The number of ether oxygens (including phenoxy) is 3. The molecule has 2 amide bonds. The van der Waals surface area contributed by atoms with Crippen LogP contribution in [0.2, 0.25) is 0 Å². The van der Waals surface area contributed by atoms with Gasteiger partial charge in [0.15, 0.2) is 23.8 Å². The molecule has 1 aliphatic carbocycles. The van der Waals surface area contributed by atoms with Crippen LogP contribution in [0.4, 0.5) is 16.4 Å². The van der Waals surface area contributed by atoms with Crippen LogP contribution in [-0.4, -0.2) is 70.0 Å². The summed E-state index contributed by atoms with van der Waals surface area (Å²) in [5.74, 6) is 1.23. The molecule has 1 saturated carbocycles. The van der Waals surface area contributed by atoms with Crippen molar-refractivity contribution < 1.29 is 23.8 Å². The lowest BCUT2D eigenvalue weighted by Gasteiger charge is -2.33. The average Bonchev–Trinajstić information content (AvgIpc) is 3.24. The Kier molecular flexibility index (Phi) is 5.83. The highest BCUT2D eigenvalue weighted by atomic mass is 16.6. The van der Waals surface area contributed by atoms with Crippen molar-refractivity contribution in [1.82, 2.24) is 24.8 Å². The minimum atomic E-state index is -0.457. The molecule has 0 bridgehead atoms. The molecule has 3 aliphatic rings. The number of carbonyl (C=O) groups excluding carboxylic acids is 2. The van der Waals surface area contributed by atoms with Crippen molar-refractivity contribution in [2.75, 3.05) is 30.5 Å². The molecule has 2 aliphatic heterocycles. The summed E-state index contributed by atoms with van der Waals surface area (Å²) in [5, 5.41) is 6.16. The third-order valence-electron chi connectivity index (χ3n) is 6.89. The van der Waals surface area contributed by atoms with Crippen molar-refractivity contribution in [3.05, 3.63) is 40.8 Å². The molecule has 0 aromatic carbocycles. The highest BCUT2D eigenvalue weighted by Crippen LogP contribution is 2.37. The highest BCUT2D eigenvalue weighted by molar-refractivity contribution is 5.95. The van der Waals surface area contributed by atoms with Gasteiger partial charge in [-0.05, 0) is 31.0 Å². The molecule has 5 heterocycles. The first-order valence-electron chi connectivity index (χ1n) is 12.1. The highest BCUT2D eigenvalue weighted by Gasteiger charge is 2.46. The number of anilines is 2. The normalized spacial score (nSPS) is 22.6. The van der Waals surface area contributed by atoms with Crippen molar-refractivity contribution >= 4 is 34.8 Å². The molecule has 2 fully saturated rings. The number of carbonyl (C=O) groups is 2. The molecule has 6 rings (SSSR count). The van der Waals surface area contributed by atoms with Crippen LogP contribution in [0.3, 0.4) is 0 Å². The molecule has 13 nitrogen and oxygen atoms in total. The van der Waals surface area contributed by atoms with Gasteiger partial charge < -0.3 is 24.8 Å². The van der Waals surface area contributed by atoms with Gasteiger partial charge in [-0.15, -0.1) is 0 Å². The zero-order valence-electron chi connectivity index (χ0n) is 20.0. The van der Waals surface area contributed by atoms with Crippen molar-refractivity contribution in [2.24, 2.45) is 0 Å². The fourth-order valence-corrected chi connectivity index (χ4v) is 5.12. The van der Waals surface area contributed by atoms with E-state index in [-0.39, 0.29) is 36.3 Å². The van der Waals surface area contributed by atoms with E-state index in [2.05, 4.69) is 25.6 Å². The smallest absolute Gasteiger partial charge is 0.416 e. The van der Waals surface area contributed by atoms with Gasteiger partial charge in [0, 0.05) is 31.6 Å². The molecule has 3 atom stereocenters. The average molecular weight is 508 g/mol. The lowest BCUT2D eigenvalue weighted by molar-refractivity contribution is -0.118. The number of nitrogens with one attached hydrogen (secondary N) is 2. The van der Waals surface area contributed by atoms with E-state index >= 15 is 0 Å². The third-order valence-corrected chi connectivity index (χ3v) is 6.89. The Bertz CT molecular complexity index is 1440. The van der Waals surface area contributed by atoms with E-state index in [1.165, 1.54) is 19.4 Å². The van der Waals surface area contributed by atoms with Crippen molar-refractivity contribution in [2.45, 2.75) is 44.0 Å². The largest absolute Gasteiger partial charge is 0.480 e. The molecule has 0 spiro atoms. The van der Waals surface area contributed by atoms with E-state index in [1.807, 2.05) is 0 Å². The Morgan fingerprint density at radius 1 is 1.16 bits per heavy atom. The zero-order valence-corrected chi connectivity index (χ0v) is 20.0. The standard InChI is InChI=1S/C24H25N7O6/c1-35-20-11-26-14-3-7-21(33)30(23(14)29-20)9-8-25-13-2-4-15-17(10-13)37-24(34)31(15)18-6-5-16-22(27-18)28-19(32)12-36-16/h3,5-7,11,13,15,17,25H,2,4,8-10,12H2,1H3,(H,27,28,32)/t13-,15-,17-/m0/s1. The molecule has 0 radical (unpaired) electrons.